The molecule has 1 fully saturated rings. The van der Waals surface area contributed by atoms with Gasteiger partial charge in [-0.3, -0.25) is 19.8 Å². The number of hydrogen-bond donors (Lipinski definition) is 3. The van der Waals surface area contributed by atoms with Gasteiger partial charge in [-0.1, -0.05) is 84.9 Å². The third kappa shape index (κ3) is 9.92. The van der Waals surface area contributed by atoms with Crippen molar-refractivity contribution in [2.75, 3.05) is 44.9 Å². The molecule has 2 heterocycles. The van der Waals surface area contributed by atoms with Crippen LogP contribution in [0.4, 0.5) is 5.69 Å². The summed E-state index contributed by atoms with van der Waals surface area (Å²) in [7, 11) is 0. The minimum Gasteiger partial charge on any atom is -0.491 e. The van der Waals surface area contributed by atoms with Crippen LogP contribution >= 0.6 is 0 Å². The largest absolute Gasteiger partial charge is 0.491 e. The Morgan fingerprint density at radius 1 is 0.695 bits per heavy atom. The molecule has 2 atom stereocenters. The summed E-state index contributed by atoms with van der Waals surface area (Å²) in [5.74, 6) is 1.09. The number of fused-ring (bicyclic) bond motifs is 2. The molecule has 1 saturated heterocycles. The SMILES string of the molecule is O=C1CC[C@H](N2Cc3cc(NCCCOCCOCCOc4ccc(C5=C(c6ccccc6)CCc6cc(OCc7ccccc7)ccc65)cc4)ccc3C2O)C(=O)N1. The third-order valence-corrected chi connectivity index (χ3v) is 11.2. The van der Waals surface area contributed by atoms with E-state index in [1.807, 2.05) is 48.5 Å². The van der Waals surface area contributed by atoms with E-state index in [0.717, 1.165) is 65.2 Å². The van der Waals surface area contributed by atoms with Crippen molar-refractivity contribution in [2.45, 2.75) is 57.5 Å². The molecule has 0 saturated carbocycles. The Kier molecular flexibility index (Phi) is 13.1. The van der Waals surface area contributed by atoms with Crippen LogP contribution in [0.3, 0.4) is 0 Å². The van der Waals surface area contributed by atoms with Crippen LogP contribution in [-0.4, -0.2) is 67.4 Å². The number of nitrogens with one attached hydrogen (secondary N) is 2. The van der Waals surface area contributed by atoms with Gasteiger partial charge >= 0.3 is 0 Å². The van der Waals surface area contributed by atoms with Gasteiger partial charge in [-0.05, 0) is 107 Å². The van der Waals surface area contributed by atoms with Crippen molar-refractivity contribution < 1.29 is 33.6 Å². The van der Waals surface area contributed by atoms with Crippen molar-refractivity contribution in [3.8, 4) is 11.5 Å². The zero-order valence-corrected chi connectivity index (χ0v) is 33.2. The Balaban J connectivity index is 0.750. The maximum atomic E-state index is 12.4. The predicted octanol–water partition coefficient (Wildman–Crippen LogP) is 7.70. The molecule has 304 valence electrons. The maximum Gasteiger partial charge on any atom is 0.244 e. The molecule has 10 heteroatoms. The molecule has 3 N–H and O–H groups in total. The summed E-state index contributed by atoms with van der Waals surface area (Å²) < 4.78 is 23.8. The van der Waals surface area contributed by atoms with Crippen LogP contribution in [0.5, 0.6) is 11.5 Å². The maximum absolute atomic E-state index is 12.4. The molecule has 5 aromatic carbocycles. The molecule has 59 heavy (non-hydrogen) atoms. The Morgan fingerprint density at radius 2 is 1.44 bits per heavy atom. The Bertz CT molecular complexity index is 2240. The van der Waals surface area contributed by atoms with Crippen molar-refractivity contribution in [1.82, 2.24) is 10.2 Å². The molecule has 0 bridgehead atoms. The number of ether oxygens (including phenoxy) is 4. The van der Waals surface area contributed by atoms with Crippen molar-refractivity contribution in [3.05, 3.63) is 160 Å². The van der Waals surface area contributed by atoms with Crippen molar-refractivity contribution in [1.29, 1.82) is 0 Å². The molecule has 1 aliphatic carbocycles. The van der Waals surface area contributed by atoms with Crippen LogP contribution in [0, 0.1) is 0 Å². The van der Waals surface area contributed by atoms with E-state index < -0.39 is 12.3 Å². The number of amides is 2. The zero-order chi connectivity index (χ0) is 40.4. The van der Waals surface area contributed by atoms with E-state index in [2.05, 4.69) is 83.4 Å². The van der Waals surface area contributed by atoms with E-state index in [1.165, 1.54) is 27.8 Å². The number of aryl methyl sites for hydroxylation is 1. The number of nitrogens with zero attached hydrogens (tertiary/aromatic N) is 1. The quantitative estimate of drug-likeness (QED) is 0.0606. The summed E-state index contributed by atoms with van der Waals surface area (Å²) in [6.45, 7) is 4.23. The third-order valence-electron chi connectivity index (χ3n) is 11.2. The highest BCUT2D eigenvalue weighted by Crippen LogP contribution is 2.42. The lowest BCUT2D eigenvalue weighted by atomic mass is 9.79. The number of aliphatic hydroxyl groups excluding tert-OH is 1. The topological polar surface area (TPSA) is 119 Å². The van der Waals surface area contributed by atoms with Crippen LogP contribution in [0.2, 0.25) is 0 Å². The summed E-state index contributed by atoms with van der Waals surface area (Å²) in [5, 5.41) is 16.6. The molecule has 0 aromatic heterocycles. The first kappa shape index (κ1) is 40.0. The number of rotatable bonds is 18. The molecule has 10 nitrogen and oxygen atoms in total. The summed E-state index contributed by atoms with van der Waals surface area (Å²) >= 11 is 0. The number of aliphatic hydroxyl groups is 1. The molecule has 3 aliphatic rings. The number of hydrogen-bond acceptors (Lipinski definition) is 9. The molecule has 2 aliphatic heterocycles. The summed E-state index contributed by atoms with van der Waals surface area (Å²) in [6.07, 6.45) is 2.55. The highest BCUT2D eigenvalue weighted by molar-refractivity contribution is 6.01. The number of carbonyl (C=O) groups excluding carboxylic acids is 2. The lowest BCUT2D eigenvalue weighted by molar-refractivity contribution is -0.141. The van der Waals surface area contributed by atoms with Gasteiger partial charge in [-0.2, -0.15) is 0 Å². The van der Waals surface area contributed by atoms with Gasteiger partial charge in [-0.15, -0.1) is 0 Å². The van der Waals surface area contributed by atoms with Crippen molar-refractivity contribution >= 4 is 28.6 Å². The van der Waals surface area contributed by atoms with E-state index in [9.17, 15) is 14.7 Å². The predicted molar refractivity (Wildman–Crippen MR) is 228 cm³/mol. The number of benzene rings is 5. The van der Waals surface area contributed by atoms with Gasteiger partial charge in [0, 0.05) is 37.4 Å². The number of carbonyl (C=O) groups is 2. The summed E-state index contributed by atoms with van der Waals surface area (Å²) in [5.41, 5.74) is 11.4. The Morgan fingerprint density at radius 3 is 2.24 bits per heavy atom. The van der Waals surface area contributed by atoms with Gasteiger partial charge in [-0.25, -0.2) is 0 Å². The smallest absolute Gasteiger partial charge is 0.244 e. The van der Waals surface area contributed by atoms with Gasteiger partial charge in [0.1, 0.15) is 30.9 Å². The van der Waals surface area contributed by atoms with E-state index in [0.29, 0.717) is 52.6 Å². The number of imide groups is 1. The Labute approximate surface area is 345 Å². The van der Waals surface area contributed by atoms with Crippen LogP contribution in [0.15, 0.2) is 121 Å². The molecule has 0 spiro atoms. The fraction of sp³-hybridized carbons (Fsp3) is 0.306. The van der Waals surface area contributed by atoms with Crippen LogP contribution in [0.1, 0.15) is 70.9 Å². The minimum atomic E-state index is -0.864. The molecular formula is C49H51N3O7. The van der Waals surface area contributed by atoms with Gasteiger partial charge < -0.3 is 29.4 Å². The minimum absolute atomic E-state index is 0.261. The molecule has 5 aromatic rings. The molecule has 1 unspecified atom stereocenters. The molecular weight excluding hydrogens is 743 g/mol. The van der Waals surface area contributed by atoms with Crippen LogP contribution in [0.25, 0.3) is 11.1 Å². The normalized spacial score (nSPS) is 17.6. The van der Waals surface area contributed by atoms with Gasteiger partial charge in [0.15, 0.2) is 0 Å². The lowest BCUT2D eigenvalue weighted by Gasteiger charge is -2.31. The second-order valence-electron chi connectivity index (χ2n) is 15.1. The molecule has 8 rings (SSSR count). The van der Waals surface area contributed by atoms with Crippen LogP contribution in [-0.2, 0) is 38.6 Å². The number of piperidine rings is 1. The lowest BCUT2D eigenvalue weighted by Crippen LogP contribution is -2.51. The number of allylic oxidation sites excluding steroid dienone is 1. The van der Waals surface area contributed by atoms with Gasteiger partial charge in [0.25, 0.3) is 0 Å². The highest BCUT2D eigenvalue weighted by atomic mass is 16.5. The first-order valence-corrected chi connectivity index (χ1v) is 20.6. The average molecular weight is 794 g/mol. The summed E-state index contributed by atoms with van der Waals surface area (Å²) in [6, 6.07) is 41.1. The van der Waals surface area contributed by atoms with Gasteiger partial charge in [0.2, 0.25) is 11.8 Å². The van der Waals surface area contributed by atoms with Crippen LogP contribution < -0.4 is 20.1 Å². The number of anilines is 1. The fourth-order valence-corrected chi connectivity index (χ4v) is 8.17. The zero-order valence-electron chi connectivity index (χ0n) is 33.2. The van der Waals surface area contributed by atoms with Crippen molar-refractivity contribution in [2.24, 2.45) is 0 Å². The van der Waals surface area contributed by atoms with E-state index in [4.69, 9.17) is 18.9 Å². The van der Waals surface area contributed by atoms with E-state index in [1.54, 1.807) is 4.90 Å². The van der Waals surface area contributed by atoms with Gasteiger partial charge in [0.05, 0.1) is 25.9 Å². The first-order chi connectivity index (χ1) is 29.0. The summed E-state index contributed by atoms with van der Waals surface area (Å²) in [4.78, 5) is 25.7. The van der Waals surface area contributed by atoms with E-state index in [-0.39, 0.29) is 18.2 Å². The van der Waals surface area contributed by atoms with E-state index >= 15 is 0 Å². The average Bonchev–Trinajstić information content (AvgIpc) is 3.59. The molecule has 2 amide bonds. The second-order valence-corrected chi connectivity index (χ2v) is 15.1. The first-order valence-electron chi connectivity index (χ1n) is 20.6. The molecule has 0 radical (unpaired) electrons. The Hall–Kier alpha value is -5.78. The highest BCUT2D eigenvalue weighted by Gasteiger charge is 2.39. The van der Waals surface area contributed by atoms with Crippen molar-refractivity contribution in [3.63, 3.8) is 0 Å². The monoisotopic (exact) mass is 793 g/mol. The fourth-order valence-electron chi connectivity index (χ4n) is 8.17. The standard InChI is InChI=1S/C49H51N3O7/c53-46-23-22-45(48(54)51-46)52-32-38-30-39(15-20-44(38)49(52)55)50-24-7-25-56-26-27-57-28-29-58-40-16-12-36(13-17-40)47-42(35-10-5-2-6-11-35)19-14-37-31-41(18-21-43(37)47)59-33-34-8-3-1-4-9-34/h1-6,8-13,15-18,20-21,30-31,45,49-50,55H,7,14,19,22-29,32-33H2,(H,51,53,54)/t45-,49?/m0/s1. The second kappa shape index (κ2) is 19.3.